The molecule has 0 aromatic heterocycles. The minimum Gasteiger partial charge on any atom is -0.161 e. The maximum atomic E-state index is 9.52. The lowest BCUT2D eigenvalue weighted by Gasteiger charge is -1.53. The van der Waals surface area contributed by atoms with Gasteiger partial charge in [0, 0.05) is 0 Å². The largest absolute Gasteiger partial charge is 0.505 e. The maximum absolute atomic E-state index is 9.52. The molecule has 0 fully saturated rings. The van der Waals surface area contributed by atoms with E-state index >= 15 is 0 Å². The fourth-order valence-electron chi connectivity index (χ4n) is 0. The lowest BCUT2D eigenvalue weighted by Crippen LogP contribution is -1.56. The fraction of sp³-hybridized carbons (Fsp3) is 1.00. The van der Waals surface area contributed by atoms with Gasteiger partial charge in [0.15, 0.2) is 6.16 Å². The molecule has 0 aliphatic rings. The van der Waals surface area contributed by atoms with Gasteiger partial charge in [0.1, 0.15) is 0 Å². The number of rotatable bonds is 1. The van der Waals surface area contributed by atoms with Gasteiger partial charge in [0.25, 0.3) is 0 Å². The highest BCUT2D eigenvalue weighted by Crippen LogP contribution is 2.08. The molecule has 0 amide bonds. The second kappa shape index (κ2) is 2.31. The van der Waals surface area contributed by atoms with Crippen molar-refractivity contribution in [3.63, 3.8) is 0 Å². The predicted octanol–water partition coefficient (Wildman–Crippen LogP) is 0.741. The molecule has 1 atom stereocenters. The van der Waals surface area contributed by atoms with E-state index in [0.717, 1.165) is 0 Å². The average molecular weight is 93.0 g/mol. The third-order valence-corrected chi connectivity index (χ3v) is 0.812. The van der Waals surface area contributed by atoms with Crippen molar-refractivity contribution in [2.75, 3.05) is 6.16 Å². The van der Waals surface area contributed by atoms with E-state index in [4.69, 9.17) is 4.89 Å². The first-order valence-corrected chi connectivity index (χ1v) is 2.80. The molecule has 2 nitrogen and oxygen atoms in total. The Labute approximate surface area is 31.7 Å². The monoisotopic (exact) mass is 93.0 g/mol. The van der Waals surface area contributed by atoms with Gasteiger partial charge in [0.05, 0.1) is 0 Å². The van der Waals surface area contributed by atoms with Gasteiger partial charge in [-0.3, -0.25) is 0 Å². The van der Waals surface area contributed by atoms with E-state index in [1.165, 1.54) is 0 Å². The summed E-state index contributed by atoms with van der Waals surface area (Å²) >= 11 is 0. The second-order valence-corrected chi connectivity index (χ2v) is 2.01. The highest BCUT2D eigenvalue weighted by molar-refractivity contribution is 7.37. The smallest absolute Gasteiger partial charge is 0.161 e. The van der Waals surface area contributed by atoms with E-state index in [2.05, 4.69) is 0 Å². The molecule has 0 spiro atoms. The Morgan fingerprint density at radius 3 is 2.20 bits per heavy atom. The van der Waals surface area contributed by atoms with E-state index < -0.39 is 8.03 Å². The van der Waals surface area contributed by atoms with Crippen molar-refractivity contribution in [3.05, 3.63) is 0 Å². The summed E-state index contributed by atoms with van der Waals surface area (Å²) in [5.41, 5.74) is 0. The molecule has 0 aliphatic carbocycles. The van der Waals surface area contributed by atoms with E-state index in [-0.39, 0.29) is 0 Å². The molecule has 3 heteroatoms. The zero-order chi connectivity index (χ0) is 4.28. The summed E-state index contributed by atoms with van der Waals surface area (Å²) in [6, 6.07) is 0. The van der Waals surface area contributed by atoms with Crippen molar-refractivity contribution in [2.45, 2.75) is 6.92 Å². The maximum Gasteiger partial charge on any atom is 0.505 e. The van der Waals surface area contributed by atoms with Crippen LogP contribution in [0.2, 0.25) is 0 Å². The van der Waals surface area contributed by atoms with Crippen molar-refractivity contribution in [2.24, 2.45) is 0 Å². The third kappa shape index (κ3) is 4.06. The first-order valence-electron chi connectivity index (χ1n) is 1.41. The van der Waals surface area contributed by atoms with Gasteiger partial charge in [-0.05, 0) is 11.5 Å². The van der Waals surface area contributed by atoms with Crippen LogP contribution in [0.1, 0.15) is 6.92 Å². The van der Waals surface area contributed by atoms with Gasteiger partial charge in [-0.2, -0.15) is 4.89 Å². The Kier molecular flexibility index (Phi) is 2.33. The molecule has 30 valence electrons. The second-order valence-electron chi connectivity index (χ2n) is 0.668. The van der Waals surface area contributed by atoms with Crippen molar-refractivity contribution >= 4 is 8.03 Å². The van der Waals surface area contributed by atoms with Gasteiger partial charge in [0.2, 0.25) is 0 Å². The van der Waals surface area contributed by atoms with Crippen LogP contribution in [0.3, 0.4) is 0 Å². The Balaban J connectivity index is 2.85. The SMILES string of the molecule is CC[P+](=O)O. The van der Waals surface area contributed by atoms with Gasteiger partial charge < -0.3 is 0 Å². The van der Waals surface area contributed by atoms with Crippen molar-refractivity contribution in [1.82, 2.24) is 0 Å². The summed E-state index contributed by atoms with van der Waals surface area (Å²) in [5, 5.41) is 0. The predicted molar refractivity (Wildman–Crippen MR) is 20.4 cm³/mol. The molecule has 0 saturated heterocycles. The first-order chi connectivity index (χ1) is 2.27. The lowest BCUT2D eigenvalue weighted by molar-refractivity contribution is 0.504. The van der Waals surface area contributed by atoms with Gasteiger partial charge >= 0.3 is 8.03 Å². The van der Waals surface area contributed by atoms with E-state index in [0.29, 0.717) is 6.16 Å². The van der Waals surface area contributed by atoms with Crippen LogP contribution in [0.25, 0.3) is 0 Å². The highest BCUT2D eigenvalue weighted by Gasteiger charge is 1.98. The van der Waals surface area contributed by atoms with Crippen molar-refractivity contribution in [1.29, 1.82) is 0 Å². The molecular weight excluding hydrogens is 87.0 g/mol. The van der Waals surface area contributed by atoms with Crippen LogP contribution in [-0.2, 0) is 4.57 Å². The Hall–Kier alpha value is 0.0600. The third-order valence-electron chi connectivity index (χ3n) is 0.271. The molecule has 1 unspecified atom stereocenters. The quantitative estimate of drug-likeness (QED) is 0.485. The van der Waals surface area contributed by atoms with Crippen LogP contribution >= 0.6 is 8.03 Å². The molecular formula is C2H6O2P+. The van der Waals surface area contributed by atoms with Gasteiger partial charge in [-0.25, -0.2) is 0 Å². The standard InChI is InChI=1S/C2H5O2P/c1-2-5(3)4/h2H2,1H3/p+1. The summed E-state index contributed by atoms with van der Waals surface area (Å²) in [6.45, 7) is 1.67. The molecule has 0 aromatic rings. The lowest BCUT2D eigenvalue weighted by atomic mass is 11.0. The van der Waals surface area contributed by atoms with Crippen LogP contribution in [0.5, 0.6) is 0 Å². The van der Waals surface area contributed by atoms with E-state index in [1.54, 1.807) is 6.92 Å². The molecule has 0 heterocycles. The fourth-order valence-corrected chi connectivity index (χ4v) is 0. The van der Waals surface area contributed by atoms with Crippen LogP contribution < -0.4 is 0 Å². The molecule has 0 radical (unpaired) electrons. The van der Waals surface area contributed by atoms with Crippen LogP contribution in [-0.4, -0.2) is 11.1 Å². The molecule has 0 saturated carbocycles. The zero-order valence-electron chi connectivity index (χ0n) is 3.01. The van der Waals surface area contributed by atoms with Crippen LogP contribution in [0.4, 0.5) is 0 Å². The van der Waals surface area contributed by atoms with Gasteiger partial charge in [-0.15, -0.1) is 0 Å². The Morgan fingerprint density at radius 2 is 2.20 bits per heavy atom. The van der Waals surface area contributed by atoms with E-state index in [1.807, 2.05) is 0 Å². The van der Waals surface area contributed by atoms with Crippen LogP contribution in [0, 0.1) is 0 Å². The summed E-state index contributed by atoms with van der Waals surface area (Å²) in [5.74, 6) is 0. The minimum atomic E-state index is -1.85. The normalized spacial score (nSPS) is 11.2. The molecule has 5 heavy (non-hydrogen) atoms. The summed E-state index contributed by atoms with van der Waals surface area (Å²) in [4.78, 5) is 7.87. The Morgan fingerprint density at radius 1 is 2.00 bits per heavy atom. The minimum absolute atomic E-state index is 0.370. The number of hydrogen-bond donors (Lipinski definition) is 1. The van der Waals surface area contributed by atoms with Crippen molar-refractivity contribution in [3.8, 4) is 0 Å². The molecule has 0 aliphatic heterocycles. The van der Waals surface area contributed by atoms with E-state index in [9.17, 15) is 4.57 Å². The molecule has 1 N–H and O–H groups in total. The molecule has 0 aromatic carbocycles. The highest BCUT2D eigenvalue weighted by atomic mass is 31.1. The number of hydrogen-bond acceptors (Lipinski definition) is 1. The summed E-state index contributed by atoms with van der Waals surface area (Å²) in [6.07, 6.45) is 0.370. The molecule has 0 rings (SSSR count). The average Bonchev–Trinajstić information content (AvgIpc) is 1.38. The molecule has 0 bridgehead atoms. The first kappa shape index (κ1) is 5.06. The summed E-state index contributed by atoms with van der Waals surface area (Å²) in [7, 11) is -1.85. The van der Waals surface area contributed by atoms with Crippen LogP contribution in [0.15, 0.2) is 0 Å². The van der Waals surface area contributed by atoms with Gasteiger partial charge in [-0.1, -0.05) is 0 Å². The topological polar surface area (TPSA) is 37.3 Å². The Bertz CT molecular complexity index is 42.9. The van der Waals surface area contributed by atoms with Crippen molar-refractivity contribution < 1.29 is 9.46 Å². The zero-order valence-corrected chi connectivity index (χ0v) is 3.90. The summed E-state index contributed by atoms with van der Waals surface area (Å²) < 4.78 is 9.52.